The van der Waals surface area contributed by atoms with Crippen LogP contribution in [-0.2, 0) is 10.0 Å². The lowest BCUT2D eigenvalue weighted by molar-refractivity contribution is 0.0889. The zero-order valence-corrected chi connectivity index (χ0v) is 15.3. The molecule has 2 rings (SSSR count). The topological polar surface area (TPSA) is 72.5 Å². The Morgan fingerprint density at radius 1 is 1.25 bits per heavy atom. The number of ketones is 1. The normalized spacial score (nSPS) is 15.9. The van der Waals surface area contributed by atoms with Crippen LogP contribution in [-0.4, -0.2) is 27.1 Å². The number of hydrogen-bond acceptors (Lipinski definition) is 4. The van der Waals surface area contributed by atoms with E-state index in [9.17, 15) is 13.2 Å². The Balaban J connectivity index is 2.22. The average molecular weight is 353 g/mol. The van der Waals surface area contributed by atoms with Gasteiger partial charge in [-0.1, -0.05) is 32.6 Å². The maximum absolute atomic E-state index is 12.7. The maximum atomic E-state index is 12.7. The van der Waals surface area contributed by atoms with Gasteiger partial charge in [-0.2, -0.15) is 0 Å². The predicted molar refractivity (Wildman–Crippen MR) is 96.2 cm³/mol. The third-order valence-corrected chi connectivity index (χ3v) is 5.85. The number of sulfonamides is 1. The van der Waals surface area contributed by atoms with Gasteiger partial charge in [0.2, 0.25) is 10.0 Å². The molecule has 134 valence electrons. The molecule has 0 radical (unpaired) electrons. The van der Waals surface area contributed by atoms with Gasteiger partial charge in [0.25, 0.3) is 0 Å². The number of methoxy groups -OCH3 is 1. The minimum absolute atomic E-state index is 0.0525. The number of carbonyl (C=O) groups excluding carboxylic acids is 1. The number of ether oxygens (including phenoxy) is 1. The molecule has 5 nitrogen and oxygen atoms in total. The number of anilines is 1. The summed E-state index contributed by atoms with van der Waals surface area (Å²) >= 11 is 0. The molecule has 1 saturated carbocycles. The molecule has 0 aliphatic heterocycles. The summed E-state index contributed by atoms with van der Waals surface area (Å²) in [5.41, 5.74) is 0.895. The summed E-state index contributed by atoms with van der Waals surface area (Å²) in [6.45, 7) is 1.94. The van der Waals surface area contributed by atoms with Crippen LogP contribution in [0.5, 0.6) is 5.75 Å². The van der Waals surface area contributed by atoms with E-state index < -0.39 is 10.0 Å². The van der Waals surface area contributed by atoms with Crippen LogP contribution < -0.4 is 9.46 Å². The molecule has 1 aromatic rings. The zero-order valence-electron chi connectivity index (χ0n) is 14.5. The fourth-order valence-electron chi connectivity index (χ4n) is 3.09. The molecule has 1 N–H and O–H groups in total. The van der Waals surface area contributed by atoms with Gasteiger partial charge in [-0.3, -0.25) is 9.52 Å². The smallest absolute Gasteiger partial charge is 0.232 e. The molecule has 0 heterocycles. The fourth-order valence-corrected chi connectivity index (χ4v) is 4.36. The van der Waals surface area contributed by atoms with E-state index >= 15 is 0 Å². The second-order valence-electron chi connectivity index (χ2n) is 6.39. The van der Waals surface area contributed by atoms with Crippen LogP contribution in [0.15, 0.2) is 18.2 Å². The number of hydrogen-bond donors (Lipinski definition) is 1. The van der Waals surface area contributed by atoms with Crippen molar-refractivity contribution in [2.75, 3.05) is 17.6 Å². The lowest BCUT2D eigenvalue weighted by Gasteiger charge is -2.21. The first-order valence-corrected chi connectivity index (χ1v) is 10.3. The monoisotopic (exact) mass is 353 g/mol. The second-order valence-corrected chi connectivity index (χ2v) is 8.23. The van der Waals surface area contributed by atoms with Gasteiger partial charge >= 0.3 is 0 Å². The van der Waals surface area contributed by atoms with Crippen LogP contribution in [0.25, 0.3) is 0 Å². The average Bonchev–Trinajstić information content (AvgIpc) is 2.59. The van der Waals surface area contributed by atoms with E-state index in [-0.39, 0.29) is 17.5 Å². The van der Waals surface area contributed by atoms with Crippen LogP contribution in [0.2, 0.25) is 0 Å². The first-order chi connectivity index (χ1) is 11.5. The molecule has 1 aliphatic carbocycles. The lowest BCUT2D eigenvalue weighted by Crippen LogP contribution is -2.19. The van der Waals surface area contributed by atoms with Crippen molar-refractivity contribution in [3.8, 4) is 5.75 Å². The third-order valence-electron chi connectivity index (χ3n) is 4.49. The molecule has 1 aliphatic rings. The molecule has 0 saturated heterocycles. The Kier molecular flexibility index (Phi) is 6.66. The number of unbranched alkanes of at least 4 members (excludes halogenated alkanes) is 1. The summed E-state index contributed by atoms with van der Waals surface area (Å²) in [5, 5.41) is 0. The lowest BCUT2D eigenvalue weighted by atomic mass is 9.84. The van der Waals surface area contributed by atoms with Crippen molar-refractivity contribution in [1.29, 1.82) is 0 Å². The van der Waals surface area contributed by atoms with Crippen LogP contribution in [0, 0.1) is 5.92 Å². The Bertz CT molecular complexity index is 664. The quantitative estimate of drug-likeness (QED) is 0.717. The van der Waals surface area contributed by atoms with E-state index in [4.69, 9.17) is 4.74 Å². The molecular weight excluding hydrogens is 326 g/mol. The minimum Gasteiger partial charge on any atom is -0.495 e. The van der Waals surface area contributed by atoms with Crippen LogP contribution in [0.1, 0.15) is 62.2 Å². The Hall–Kier alpha value is -1.56. The molecule has 0 bridgehead atoms. The number of rotatable bonds is 8. The van der Waals surface area contributed by atoms with Gasteiger partial charge in [0, 0.05) is 11.5 Å². The zero-order chi connectivity index (χ0) is 17.6. The number of carbonyl (C=O) groups is 1. The largest absolute Gasteiger partial charge is 0.495 e. The summed E-state index contributed by atoms with van der Waals surface area (Å²) in [6.07, 6.45) is 6.60. The number of benzene rings is 1. The second kappa shape index (κ2) is 8.51. The molecule has 1 aromatic carbocycles. The van der Waals surface area contributed by atoms with E-state index in [0.717, 1.165) is 32.1 Å². The van der Waals surface area contributed by atoms with Crippen LogP contribution in [0.3, 0.4) is 0 Å². The van der Waals surface area contributed by atoms with Crippen molar-refractivity contribution in [3.63, 3.8) is 0 Å². The highest BCUT2D eigenvalue weighted by molar-refractivity contribution is 7.92. The molecule has 24 heavy (non-hydrogen) atoms. The molecule has 0 unspecified atom stereocenters. The summed E-state index contributed by atoms with van der Waals surface area (Å²) in [4.78, 5) is 12.7. The minimum atomic E-state index is -3.44. The highest BCUT2D eigenvalue weighted by Crippen LogP contribution is 2.31. The molecule has 0 amide bonds. The number of nitrogens with one attached hydrogen (secondary N) is 1. The molecule has 0 atom stereocenters. The van der Waals surface area contributed by atoms with Crippen molar-refractivity contribution in [1.82, 2.24) is 0 Å². The summed E-state index contributed by atoms with van der Waals surface area (Å²) in [7, 11) is -1.95. The Labute approximate surface area is 144 Å². The highest BCUT2D eigenvalue weighted by atomic mass is 32.2. The van der Waals surface area contributed by atoms with Crippen molar-refractivity contribution in [2.24, 2.45) is 5.92 Å². The number of Topliss-reactive ketones (excluding diaryl/α,β-unsaturated/α-hetero) is 1. The SMILES string of the molecule is CCCCS(=O)(=O)Nc1cc(C(=O)C2CCCCC2)ccc1OC. The Morgan fingerprint density at radius 3 is 2.58 bits per heavy atom. The fraction of sp³-hybridized carbons (Fsp3) is 0.611. The van der Waals surface area contributed by atoms with Crippen LogP contribution in [0.4, 0.5) is 5.69 Å². The van der Waals surface area contributed by atoms with Crippen molar-refractivity contribution >= 4 is 21.5 Å². The first kappa shape index (κ1) is 18.8. The Morgan fingerprint density at radius 2 is 1.96 bits per heavy atom. The molecule has 1 fully saturated rings. The third kappa shape index (κ3) is 4.97. The van der Waals surface area contributed by atoms with E-state index in [0.29, 0.717) is 23.4 Å². The molecule has 0 spiro atoms. The van der Waals surface area contributed by atoms with E-state index in [1.165, 1.54) is 13.5 Å². The molecular formula is C18H27NO4S. The highest BCUT2D eigenvalue weighted by Gasteiger charge is 2.23. The van der Waals surface area contributed by atoms with Crippen molar-refractivity contribution < 1.29 is 17.9 Å². The van der Waals surface area contributed by atoms with Gasteiger partial charge in [0.1, 0.15) is 5.75 Å². The van der Waals surface area contributed by atoms with E-state index in [2.05, 4.69) is 4.72 Å². The van der Waals surface area contributed by atoms with E-state index in [1.807, 2.05) is 6.92 Å². The summed E-state index contributed by atoms with van der Waals surface area (Å²) in [6, 6.07) is 4.99. The van der Waals surface area contributed by atoms with Gasteiger partial charge < -0.3 is 4.74 Å². The standard InChI is InChI=1S/C18H27NO4S/c1-3-4-12-24(21,22)19-16-13-15(10-11-17(16)23-2)18(20)14-8-6-5-7-9-14/h10-11,13-14,19H,3-9,12H2,1-2H3. The van der Waals surface area contributed by atoms with Gasteiger partial charge in [-0.15, -0.1) is 0 Å². The molecule has 6 heteroatoms. The maximum Gasteiger partial charge on any atom is 0.232 e. The van der Waals surface area contributed by atoms with Gasteiger partial charge in [0.15, 0.2) is 5.78 Å². The summed E-state index contributed by atoms with van der Waals surface area (Å²) in [5.74, 6) is 0.645. The van der Waals surface area contributed by atoms with Gasteiger partial charge in [-0.05, 0) is 37.5 Å². The van der Waals surface area contributed by atoms with Crippen LogP contribution >= 0.6 is 0 Å². The van der Waals surface area contributed by atoms with Crippen molar-refractivity contribution in [3.05, 3.63) is 23.8 Å². The van der Waals surface area contributed by atoms with Crippen molar-refractivity contribution in [2.45, 2.75) is 51.9 Å². The molecule has 0 aromatic heterocycles. The summed E-state index contributed by atoms with van der Waals surface area (Å²) < 4.78 is 32.1. The van der Waals surface area contributed by atoms with Gasteiger partial charge in [0.05, 0.1) is 18.6 Å². The predicted octanol–water partition coefficient (Wildman–Crippen LogP) is 4.00. The first-order valence-electron chi connectivity index (χ1n) is 8.69. The van der Waals surface area contributed by atoms with Gasteiger partial charge in [-0.25, -0.2) is 8.42 Å². The van der Waals surface area contributed by atoms with E-state index in [1.54, 1.807) is 18.2 Å².